The first-order chi connectivity index (χ1) is 5.24. The van der Waals surface area contributed by atoms with Crippen LogP contribution in [0.1, 0.15) is 6.42 Å². The van der Waals surface area contributed by atoms with Crippen molar-refractivity contribution in [3.8, 4) is 0 Å². The lowest BCUT2D eigenvalue weighted by molar-refractivity contribution is -0.141. The molecule has 1 unspecified atom stereocenters. The van der Waals surface area contributed by atoms with Crippen LogP contribution in [0.5, 0.6) is 0 Å². The predicted molar refractivity (Wildman–Crippen MR) is 40.0 cm³/mol. The summed E-state index contributed by atoms with van der Waals surface area (Å²) < 4.78 is 0. The summed E-state index contributed by atoms with van der Waals surface area (Å²) in [5, 5.41) is 11.9. The average molecular weight is 157 g/mol. The minimum Gasteiger partial charge on any atom is -0.481 e. The Morgan fingerprint density at radius 2 is 2.55 bits per heavy atom. The zero-order chi connectivity index (χ0) is 8.27. The molecule has 0 amide bonds. The van der Waals surface area contributed by atoms with Crippen LogP contribution in [-0.4, -0.2) is 35.4 Å². The van der Waals surface area contributed by atoms with Gasteiger partial charge in [-0.25, -0.2) is 0 Å². The molecule has 0 radical (unpaired) electrons. The highest BCUT2D eigenvalue weighted by molar-refractivity contribution is 5.71. The van der Waals surface area contributed by atoms with E-state index >= 15 is 0 Å². The van der Waals surface area contributed by atoms with E-state index in [0.29, 0.717) is 13.0 Å². The van der Waals surface area contributed by atoms with Gasteiger partial charge in [-0.2, -0.15) is 5.10 Å². The van der Waals surface area contributed by atoms with Gasteiger partial charge in [-0.3, -0.25) is 4.79 Å². The fourth-order valence-electron chi connectivity index (χ4n) is 1.19. The van der Waals surface area contributed by atoms with Crippen LogP contribution in [0.15, 0.2) is 5.10 Å². The molecule has 5 heteroatoms. The first-order valence-electron chi connectivity index (χ1n) is 3.44. The first-order valence-corrected chi connectivity index (χ1v) is 3.44. The molecule has 62 valence electrons. The summed E-state index contributed by atoms with van der Waals surface area (Å²) in [6.07, 6.45) is 2.16. The van der Waals surface area contributed by atoms with Gasteiger partial charge in [0.15, 0.2) is 0 Å². The smallest absolute Gasteiger partial charge is 0.308 e. The summed E-state index contributed by atoms with van der Waals surface area (Å²) in [6.45, 7) is 1.26. The maximum absolute atomic E-state index is 10.4. The fraction of sp³-hybridized carbons (Fsp3) is 0.667. The molecule has 0 aromatic heterocycles. The van der Waals surface area contributed by atoms with Crippen molar-refractivity contribution in [2.45, 2.75) is 6.42 Å². The Balaban J connectivity index is 2.40. The van der Waals surface area contributed by atoms with Gasteiger partial charge in [-0.15, -0.1) is 0 Å². The van der Waals surface area contributed by atoms with Crippen molar-refractivity contribution in [3.63, 3.8) is 0 Å². The molecular weight excluding hydrogens is 146 g/mol. The van der Waals surface area contributed by atoms with Crippen LogP contribution in [-0.2, 0) is 4.79 Å². The van der Waals surface area contributed by atoms with Crippen molar-refractivity contribution >= 4 is 12.3 Å². The molecule has 0 spiro atoms. The largest absolute Gasteiger partial charge is 0.481 e. The minimum atomic E-state index is -0.738. The van der Waals surface area contributed by atoms with Gasteiger partial charge in [-0.05, 0) is 6.42 Å². The number of carboxylic acids is 1. The van der Waals surface area contributed by atoms with Crippen LogP contribution < -0.4 is 5.84 Å². The molecule has 1 saturated heterocycles. The summed E-state index contributed by atoms with van der Waals surface area (Å²) in [5.74, 6) is 3.92. The highest BCUT2D eigenvalue weighted by Gasteiger charge is 2.26. The van der Waals surface area contributed by atoms with E-state index in [1.807, 2.05) is 0 Å². The fourth-order valence-corrected chi connectivity index (χ4v) is 1.19. The van der Waals surface area contributed by atoms with Crippen molar-refractivity contribution < 1.29 is 9.90 Å². The molecule has 3 N–H and O–H groups in total. The number of carboxylic acid groups (broad SMARTS) is 1. The Labute approximate surface area is 64.5 Å². The summed E-state index contributed by atoms with van der Waals surface area (Å²) in [7, 11) is 0. The van der Waals surface area contributed by atoms with Gasteiger partial charge in [0.25, 0.3) is 0 Å². The van der Waals surface area contributed by atoms with E-state index in [1.54, 1.807) is 4.90 Å². The third-order valence-electron chi connectivity index (χ3n) is 1.80. The standard InChI is InChI=1S/C6H11N3O2/c7-8-4-9-2-1-5(3-9)6(10)11/h4-5H,1-3,7H2,(H,10,11). The SMILES string of the molecule is NN=CN1CCC(C(=O)O)C1. The minimum absolute atomic E-state index is 0.256. The average Bonchev–Trinajstić information content (AvgIpc) is 2.37. The van der Waals surface area contributed by atoms with Crippen molar-refractivity contribution in [3.05, 3.63) is 0 Å². The summed E-state index contributed by atoms with van der Waals surface area (Å²) >= 11 is 0. The van der Waals surface area contributed by atoms with Gasteiger partial charge in [0.05, 0.1) is 5.92 Å². The molecule has 5 nitrogen and oxygen atoms in total. The zero-order valence-electron chi connectivity index (χ0n) is 6.10. The molecule has 1 rings (SSSR count). The highest BCUT2D eigenvalue weighted by atomic mass is 16.4. The quantitative estimate of drug-likeness (QED) is 0.240. The molecule has 1 atom stereocenters. The van der Waals surface area contributed by atoms with E-state index in [4.69, 9.17) is 10.9 Å². The lowest BCUT2D eigenvalue weighted by Gasteiger charge is -2.08. The van der Waals surface area contributed by atoms with Gasteiger partial charge >= 0.3 is 5.97 Å². The number of carbonyl (C=O) groups is 1. The Morgan fingerprint density at radius 3 is 3.00 bits per heavy atom. The van der Waals surface area contributed by atoms with Crippen molar-refractivity contribution in [2.24, 2.45) is 16.9 Å². The second-order valence-electron chi connectivity index (χ2n) is 2.58. The number of likely N-dealkylation sites (tertiary alicyclic amines) is 1. The number of rotatable bonds is 2. The summed E-state index contributed by atoms with van der Waals surface area (Å²) in [4.78, 5) is 12.3. The van der Waals surface area contributed by atoms with Crippen molar-refractivity contribution in [1.82, 2.24) is 4.90 Å². The molecule has 0 aromatic carbocycles. The second kappa shape index (κ2) is 3.23. The van der Waals surface area contributed by atoms with Gasteiger partial charge in [0, 0.05) is 13.1 Å². The maximum Gasteiger partial charge on any atom is 0.308 e. The number of hydrogen-bond acceptors (Lipinski definition) is 3. The normalized spacial score (nSPS) is 24.7. The van der Waals surface area contributed by atoms with Crippen LogP contribution >= 0.6 is 0 Å². The Kier molecular flexibility index (Phi) is 2.30. The lowest BCUT2D eigenvalue weighted by Crippen LogP contribution is -2.22. The van der Waals surface area contributed by atoms with E-state index in [0.717, 1.165) is 6.54 Å². The van der Waals surface area contributed by atoms with Crippen LogP contribution in [0, 0.1) is 5.92 Å². The number of hydrogen-bond donors (Lipinski definition) is 2. The highest BCUT2D eigenvalue weighted by Crippen LogP contribution is 2.13. The summed E-state index contributed by atoms with van der Waals surface area (Å²) in [6, 6.07) is 0. The Morgan fingerprint density at radius 1 is 1.82 bits per heavy atom. The van der Waals surface area contributed by atoms with Crippen LogP contribution in [0.25, 0.3) is 0 Å². The number of nitrogens with two attached hydrogens (primary N) is 1. The molecule has 11 heavy (non-hydrogen) atoms. The first kappa shape index (κ1) is 7.84. The molecule has 1 aliphatic rings. The van der Waals surface area contributed by atoms with Crippen LogP contribution in [0.3, 0.4) is 0 Å². The molecule has 1 fully saturated rings. The molecule has 0 saturated carbocycles. The molecule has 0 bridgehead atoms. The van der Waals surface area contributed by atoms with E-state index in [2.05, 4.69) is 5.10 Å². The van der Waals surface area contributed by atoms with Gasteiger partial charge < -0.3 is 15.8 Å². The van der Waals surface area contributed by atoms with Crippen LogP contribution in [0.4, 0.5) is 0 Å². The molecule has 1 heterocycles. The third-order valence-corrected chi connectivity index (χ3v) is 1.80. The van der Waals surface area contributed by atoms with Crippen LogP contribution in [0.2, 0.25) is 0 Å². The Bertz CT molecular complexity index is 181. The predicted octanol–water partition coefficient (Wildman–Crippen LogP) is -0.705. The van der Waals surface area contributed by atoms with E-state index in [1.165, 1.54) is 6.34 Å². The van der Waals surface area contributed by atoms with E-state index in [9.17, 15) is 4.79 Å². The molecule has 0 aliphatic carbocycles. The number of aliphatic carboxylic acids is 1. The zero-order valence-corrected chi connectivity index (χ0v) is 6.10. The monoisotopic (exact) mass is 157 g/mol. The van der Waals surface area contributed by atoms with Crippen molar-refractivity contribution in [2.75, 3.05) is 13.1 Å². The van der Waals surface area contributed by atoms with E-state index in [-0.39, 0.29) is 5.92 Å². The number of hydrazone groups is 1. The van der Waals surface area contributed by atoms with Gasteiger partial charge in [0.2, 0.25) is 0 Å². The molecular formula is C6H11N3O2. The second-order valence-corrected chi connectivity index (χ2v) is 2.58. The van der Waals surface area contributed by atoms with Gasteiger partial charge in [0.1, 0.15) is 6.34 Å². The number of nitrogens with zero attached hydrogens (tertiary/aromatic N) is 2. The van der Waals surface area contributed by atoms with Crippen molar-refractivity contribution in [1.29, 1.82) is 0 Å². The molecule has 1 aliphatic heterocycles. The Hall–Kier alpha value is -1.26. The molecule has 0 aromatic rings. The summed E-state index contributed by atoms with van der Waals surface area (Å²) in [5.41, 5.74) is 0. The topological polar surface area (TPSA) is 78.9 Å². The lowest BCUT2D eigenvalue weighted by atomic mass is 10.1. The maximum atomic E-state index is 10.4. The van der Waals surface area contributed by atoms with Gasteiger partial charge in [-0.1, -0.05) is 0 Å². The van der Waals surface area contributed by atoms with E-state index < -0.39 is 5.97 Å². The third kappa shape index (κ3) is 1.83.